The highest BCUT2D eigenvalue weighted by Crippen LogP contribution is 2.35. The Morgan fingerprint density at radius 2 is 2.13 bits per heavy atom. The lowest BCUT2D eigenvalue weighted by Crippen LogP contribution is -2.43. The lowest BCUT2D eigenvalue weighted by Gasteiger charge is -2.35. The Balaban J connectivity index is 1.65. The summed E-state index contributed by atoms with van der Waals surface area (Å²) in [5.41, 5.74) is 3.02. The van der Waals surface area contributed by atoms with Crippen LogP contribution in [0.5, 0.6) is 0 Å². The molecule has 0 saturated heterocycles. The minimum Gasteiger partial charge on any atom is -0.465 e. The van der Waals surface area contributed by atoms with E-state index in [-0.39, 0.29) is 11.1 Å². The normalized spacial score (nSPS) is 15.4. The van der Waals surface area contributed by atoms with Gasteiger partial charge in [0.15, 0.2) is 0 Å². The third-order valence-electron chi connectivity index (χ3n) is 4.98. The Kier molecular flexibility index (Phi) is 5.41. The van der Waals surface area contributed by atoms with Gasteiger partial charge in [-0.3, -0.25) is 0 Å². The van der Waals surface area contributed by atoms with Crippen LogP contribution < -0.4 is 5.32 Å². The molecule has 30 heavy (non-hydrogen) atoms. The molecule has 1 aliphatic rings. The number of esters is 1. The van der Waals surface area contributed by atoms with Gasteiger partial charge in [-0.15, -0.1) is 0 Å². The Bertz CT molecular complexity index is 1120. The number of methoxy groups -OCH3 is 1. The quantitative estimate of drug-likeness (QED) is 0.613. The third-order valence-corrected chi connectivity index (χ3v) is 5.27. The fourth-order valence-electron chi connectivity index (χ4n) is 3.55. The lowest BCUT2D eigenvalue weighted by molar-refractivity contribution is 0.0600. The Labute approximate surface area is 176 Å². The summed E-state index contributed by atoms with van der Waals surface area (Å²) >= 11 is 5.99. The van der Waals surface area contributed by atoms with Crippen molar-refractivity contribution < 1.29 is 18.7 Å². The number of urea groups is 1. The number of rotatable bonds is 3. The van der Waals surface area contributed by atoms with Crippen molar-refractivity contribution >= 4 is 29.3 Å². The first-order valence-corrected chi connectivity index (χ1v) is 9.59. The van der Waals surface area contributed by atoms with Crippen molar-refractivity contribution in [2.45, 2.75) is 12.5 Å². The largest absolute Gasteiger partial charge is 0.465 e. The van der Waals surface area contributed by atoms with Crippen molar-refractivity contribution in [2.24, 2.45) is 0 Å². The number of nitrogens with zero attached hydrogens (tertiary/aromatic N) is 2. The summed E-state index contributed by atoms with van der Waals surface area (Å²) in [6.07, 6.45) is 2.17. The second-order valence-corrected chi connectivity index (χ2v) is 7.20. The zero-order valence-corrected chi connectivity index (χ0v) is 16.7. The van der Waals surface area contributed by atoms with Crippen LogP contribution in [0.2, 0.25) is 5.02 Å². The highest BCUT2D eigenvalue weighted by molar-refractivity contribution is 6.30. The molecule has 1 atom stereocenters. The van der Waals surface area contributed by atoms with E-state index in [0.29, 0.717) is 35.5 Å². The summed E-state index contributed by atoms with van der Waals surface area (Å²) in [5, 5.41) is 2.79. The van der Waals surface area contributed by atoms with Gasteiger partial charge in [0, 0.05) is 24.3 Å². The molecule has 0 spiro atoms. The van der Waals surface area contributed by atoms with Gasteiger partial charge < -0.3 is 19.9 Å². The predicted molar refractivity (Wildman–Crippen MR) is 109 cm³/mol. The van der Waals surface area contributed by atoms with Crippen LogP contribution in [0, 0.1) is 5.82 Å². The molecule has 2 aromatic carbocycles. The van der Waals surface area contributed by atoms with Crippen molar-refractivity contribution in [3.05, 3.63) is 82.1 Å². The summed E-state index contributed by atoms with van der Waals surface area (Å²) in [7, 11) is 1.29. The van der Waals surface area contributed by atoms with Crippen LogP contribution in [-0.4, -0.2) is 40.5 Å². The first kappa shape index (κ1) is 19.9. The Morgan fingerprint density at radius 1 is 1.30 bits per heavy atom. The van der Waals surface area contributed by atoms with E-state index in [9.17, 15) is 14.0 Å². The maximum absolute atomic E-state index is 13.7. The summed E-state index contributed by atoms with van der Waals surface area (Å²) in [5.74, 6) is -1.03. The summed E-state index contributed by atoms with van der Waals surface area (Å²) in [6.45, 7) is 0.414. The predicted octanol–water partition coefficient (Wildman–Crippen LogP) is 4.17. The van der Waals surface area contributed by atoms with E-state index in [2.05, 4.69) is 15.3 Å². The van der Waals surface area contributed by atoms with Gasteiger partial charge >= 0.3 is 12.0 Å². The van der Waals surface area contributed by atoms with Gasteiger partial charge in [-0.25, -0.2) is 19.0 Å². The monoisotopic (exact) mass is 428 g/mol. The average molecular weight is 429 g/mol. The number of aromatic amines is 1. The molecular weight excluding hydrogens is 411 g/mol. The smallest absolute Gasteiger partial charge is 0.337 e. The van der Waals surface area contributed by atoms with Crippen LogP contribution in [0.3, 0.4) is 0 Å². The zero-order valence-electron chi connectivity index (χ0n) is 16.0. The molecule has 9 heteroatoms. The van der Waals surface area contributed by atoms with Crippen LogP contribution >= 0.6 is 11.6 Å². The number of carbonyl (C=O) groups excluding carboxylic acids is 2. The molecule has 0 bridgehead atoms. The standard InChI is InChI=1S/C21H18ClFN4O3/c1-30-20(28)13-3-2-4-14(9-13)26-21(29)27-8-7-17-18(25-11-24-17)19(27)12-5-6-16(23)15(22)10-12/h2-6,9-11,19H,7-8H2,1H3,(H,24,25)(H,26,29)/t19-/m0/s1. The minimum absolute atomic E-state index is 0.0266. The number of imidazole rings is 1. The van der Waals surface area contributed by atoms with Gasteiger partial charge in [0.2, 0.25) is 0 Å². The number of aromatic nitrogens is 2. The van der Waals surface area contributed by atoms with Crippen molar-refractivity contribution in [1.82, 2.24) is 14.9 Å². The molecule has 0 radical (unpaired) electrons. The fraction of sp³-hybridized carbons (Fsp3) is 0.190. The molecule has 2 N–H and O–H groups in total. The molecule has 0 aliphatic carbocycles. The van der Waals surface area contributed by atoms with E-state index in [1.807, 2.05) is 0 Å². The van der Waals surface area contributed by atoms with Gasteiger partial charge in [-0.1, -0.05) is 23.7 Å². The SMILES string of the molecule is COC(=O)c1cccc(NC(=O)N2CCc3[nH]cnc3[C@@H]2c2ccc(F)c(Cl)c2)c1. The van der Waals surface area contributed by atoms with Crippen molar-refractivity contribution in [3.8, 4) is 0 Å². The highest BCUT2D eigenvalue weighted by atomic mass is 35.5. The Hall–Kier alpha value is -3.39. The number of ether oxygens (including phenoxy) is 1. The molecule has 7 nitrogen and oxygen atoms in total. The molecule has 2 amide bonds. The number of hydrogen-bond donors (Lipinski definition) is 2. The van der Waals surface area contributed by atoms with Crippen LogP contribution in [-0.2, 0) is 11.2 Å². The van der Waals surface area contributed by atoms with Crippen LogP contribution in [0.15, 0.2) is 48.8 Å². The summed E-state index contributed by atoms with van der Waals surface area (Å²) in [4.78, 5) is 34.0. The maximum atomic E-state index is 13.7. The second-order valence-electron chi connectivity index (χ2n) is 6.79. The van der Waals surface area contributed by atoms with E-state index < -0.39 is 17.8 Å². The minimum atomic E-state index is -0.540. The maximum Gasteiger partial charge on any atom is 0.337 e. The van der Waals surface area contributed by atoms with Crippen molar-refractivity contribution in [1.29, 1.82) is 0 Å². The molecule has 3 aromatic rings. The van der Waals surface area contributed by atoms with Crippen molar-refractivity contribution in [2.75, 3.05) is 19.0 Å². The number of amides is 2. The number of benzene rings is 2. The van der Waals surface area contributed by atoms with Gasteiger partial charge in [0.1, 0.15) is 11.9 Å². The number of carbonyl (C=O) groups is 2. The van der Waals surface area contributed by atoms with E-state index in [4.69, 9.17) is 16.3 Å². The van der Waals surface area contributed by atoms with Crippen LogP contribution in [0.25, 0.3) is 0 Å². The van der Waals surface area contributed by atoms with Gasteiger partial charge in [0.25, 0.3) is 0 Å². The molecule has 0 unspecified atom stereocenters. The van der Waals surface area contributed by atoms with Gasteiger partial charge in [0.05, 0.1) is 29.7 Å². The Morgan fingerprint density at radius 3 is 2.90 bits per heavy atom. The first-order valence-electron chi connectivity index (χ1n) is 9.21. The van der Waals surface area contributed by atoms with Crippen LogP contribution in [0.4, 0.5) is 14.9 Å². The van der Waals surface area contributed by atoms with Crippen molar-refractivity contribution in [3.63, 3.8) is 0 Å². The highest BCUT2D eigenvalue weighted by Gasteiger charge is 2.34. The number of hydrogen-bond acceptors (Lipinski definition) is 4. The number of halogens is 2. The molecule has 2 heterocycles. The number of H-pyrrole nitrogens is 1. The molecular formula is C21H18ClFN4O3. The molecule has 0 fully saturated rings. The zero-order chi connectivity index (χ0) is 21.3. The first-order chi connectivity index (χ1) is 14.5. The lowest BCUT2D eigenvalue weighted by atomic mass is 9.96. The van der Waals surface area contributed by atoms with E-state index in [1.54, 1.807) is 35.5 Å². The molecule has 1 aliphatic heterocycles. The second kappa shape index (κ2) is 8.16. The topological polar surface area (TPSA) is 87.3 Å². The van der Waals surface area contributed by atoms with Crippen LogP contribution in [0.1, 0.15) is 33.4 Å². The third kappa shape index (κ3) is 3.73. The van der Waals surface area contributed by atoms with Gasteiger partial charge in [-0.05, 0) is 35.9 Å². The fourth-order valence-corrected chi connectivity index (χ4v) is 3.74. The number of fused-ring (bicyclic) bond motifs is 1. The molecule has 1 aromatic heterocycles. The van der Waals surface area contributed by atoms with E-state index >= 15 is 0 Å². The number of anilines is 1. The average Bonchev–Trinajstić information content (AvgIpc) is 3.23. The van der Waals surface area contributed by atoms with E-state index in [1.165, 1.54) is 25.3 Å². The summed E-state index contributed by atoms with van der Waals surface area (Å²) < 4.78 is 18.4. The molecule has 154 valence electrons. The molecule has 4 rings (SSSR count). The number of nitrogens with one attached hydrogen (secondary N) is 2. The summed E-state index contributed by atoms with van der Waals surface area (Å²) in [6, 6.07) is 9.92. The van der Waals surface area contributed by atoms with E-state index in [0.717, 1.165) is 5.69 Å². The van der Waals surface area contributed by atoms with Gasteiger partial charge in [-0.2, -0.15) is 0 Å². The molecule has 0 saturated carbocycles.